The van der Waals surface area contributed by atoms with E-state index in [4.69, 9.17) is 10.8 Å². The molecule has 11 heavy (non-hydrogen) atoms. The fraction of sp³-hybridized carbons (Fsp3) is 0.250. The summed E-state index contributed by atoms with van der Waals surface area (Å²) in [5.74, 6) is -0.981. The maximum atomic E-state index is 10.5. The minimum atomic E-state index is -0.981. The molecule has 0 aliphatic rings. The molecule has 0 saturated heterocycles. The van der Waals surface area contributed by atoms with Crippen LogP contribution in [-0.4, -0.2) is 16.2 Å². The van der Waals surface area contributed by atoms with Crippen molar-refractivity contribution in [3.8, 4) is 0 Å². The highest BCUT2D eigenvalue weighted by molar-refractivity contribution is 5.90. The summed E-state index contributed by atoms with van der Waals surface area (Å²) in [6, 6.07) is 0. The lowest BCUT2D eigenvalue weighted by Crippen LogP contribution is -2.35. The van der Waals surface area contributed by atoms with Crippen LogP contribution in [0, 0.1) is 5.21 Å². The van der Waals surface area contributed by atoms with Crippen molar-refractivity contribution >= 4 is 5.91 Å². The molecule has 0 atom stereocenters. The van der Waals surface area contributed by atoms with Gasteiger partial charge < -0.3 is 16.0 Å². The zero-order valence-electron chi connectivity index (χ0n) is 5.35. The van der Waals surface area contributed by atoms with Gasteiger partial charge in [0, 0.05) is 5.16 Å². The number of nitrogens with two attached hydrogens (primary N) is 1. The van der Waals surface area contributed by atoms with Crippen molar-refractivity contribution in [3.05, 3.63) is 16.6 Å². The Morgan fingerprint density at radius 3 is 2.91 bits per heavy atom. The molecule has 0 aliphatic heterocycles. The molecule has 60 valence electrons. The number of amides is 1. The summed E-state index contributed by atoms with van der Waals surface area (Å²) in [5.41, 5.74) is 4.14. The highest BCUT2D eigenvalue weighted by Gasteiger charge is 2.22. The summed E-state index contributed by atoms with van der Waals surface area (Å²) in [6.07, 6.45) is 0. The molecular weight excluding hydrogens is 154 g/mol. The summed E-state index contributed by atoms with van der Waals surface area (Å²) in [4.78, 5) is 10.3. The van der Waals surface area contributed by atoms with E-state index in [1.165, 1.54) is 0 Å². The first-order chi connectivity index (χ1) is 5.16. The van der Waals surface area contributed by atoms with E-state index < -0.39 is 18.2 Å². The standard InChI is InChI=1S/C4H5N3O4/c5-4(9)3-2(1-8)6-11-7(3)10/h8H,1H2,(H2,5,9). The number of aliphatic hydroxyl groups is 1. The third-order valence-electron chi connectivity index (χ3n) is 1.06. The van der Waals surface area contributed by atoms with E-state index in [1.54, 1.807) is 0 Å². The van der Waals surface area contributed by atoms with Gasteiger partial charge in [-0.15, -0.1) is 0 Å². The zero-order valence-corrected chi connectivity index (χ0v) is 5.35. The molecule has 1 aromatic rings. The monoisotopic (exact) mass is 159 g/mol. The first-order valence-electron chi connectivity index (χ1n) is 2.66. The van der Waals surface area contributed by atoms with Gasteiger partial charge in [0.05, 0.1) is 0 Å². The fourth-order valence-corrected chi connectivity index (χ4v) is 0.612. The van der Waals surface area contributed by atoms with Crippen LogP contribution in [0.2, 0.25) is 0 Å². The molecule has 7 nitrogen and oxygen atoms in total. The average molecular weight is 159 g/mol. The molecule has 1 aromatic heterocycles. The van der Waals surface area contributed by atoms with Crippen LogP contribution in [0.4, 0.5) is 0 Å². The van der Waals surface area contributed by atoms with Crippen molar-refractivity contribution in [2.75, 3.05) is 0 Å². The lowest BCUT2D eigenvalue weighted by Gasteiger charge is -1.88. The second kappa shape index (κ2) is 2.54. The van der Waals surface area contributed by atoms with Gasteiger partial charge in [-0.25, -0.2) is 0 Å². The number of hydrogen-bond donors (Lipinski definition) is 2. The number of carbonyl (C=O) groups excluding carboxylic acids is 1. The lowest BCUT2D eigenvalue weighted by molar-refractivity contribution is -0.803. The van der Waals surface area contributed by atoms with Gasteiger partial charge in [0.25, 0.3) is 17.3 Å². The molecular formula is C4H5N3O4. The average Bonchev–Trinajstić information content (AvgIpc) is 2.30. The SMILES string of the molecule is NC(=O)c1c(CO)no[n+]1[O-]. The largest absolute Gasteiger partial charge is 0.387 e. The van der Waals surface area contributed by atoms with Gasteiger partial charge >= 0.3 is 0 Å². The molecule has 1 amide bonds. The van der Waals surface area contributed by atoms with E-state index in [-0.39, 0.29) is 10.6 Å². The number of hydrogen-bond acceptors (Lipinski definition) is 5. The van der Waals surface area contributed by atoms with Crippen molar-refractivity contribution in [2.24, 2.45) is 5.73 Å². The van der Waals surface area contributed by atoms with Crippen LogP contribution < -0.4 is 10.6 Å². The maximum absolute atomic E-state index is 10.5. The molecule has 0 saturated carbocycles. The van der Waals surface area contributed by atoms with E-state index in [0.29, 0.717) is 0 Å². The van der Waals surface area contributed by atoms with E-state index in [0.717, 1.165) is 0 Å². The molecule has 0 fully saturated rings. The van der Waals surface area contributed by atoms with Gasteiger partial charge in [-0.3, -0.25) is 9.42 Å². The van der Waals surface area contributed by atoms with Crippen LogP contribution in [0.15, 0.2) is 4.63 Å². The number of aromatic nitrogens is 2. The molecule has 1 rings (SSSR count). The van der Waals surface area contributed by atoms with Crippen LogP contribution in [0.3, 0.4) is 0 Å². The highest BCUT2D eigenvalue weighted by Crippen LogP contribution is 1.97. The lowest BCUT2D eigenvalue weighted by atomic mass is 10.3. The number of carbonyl (C=O) groups is 1. The van der Waals surface area contributed by atoms with Gasteiger partial charge in [-0.2, -0.15) is 0 Å². The summed E-state index contributed by atoms with van der Waals surface area (Å²) >= 11 is 0. The van der Waals surface area contributed by atoms with Crippen LogP contribution in [0.5, 0.6) is 0 Å². The van der Waals surface area contributed by atoms with Crippen molar-refractivity contribution in [1.29, 1.82) is 0 Å². The van der Waals surface area contributed by atoms with E-state index in [1.807, 2.05) is 0 Å². The predicted octanol–water partition coefficient (Wildman–Crippen LogP) is -2.10. The van der Waals surface area contributed by atoms with Gasteiger partial charge in [-0.05, 0) is 4.90 Å². The van der Waals surface area contributed by atoms with Crippen molar-refractivity contribution in [1.82, 2.24) is 5.16 Å². The van der Waals surface area contributed by atoms with Gasteiger partial charge in [0.1, 0.15) is 6.61 Å². The van der Waals surface area contributed by atoms with Gasteiger partial charge in [-0.1, -0.05) is 0 Å². The van der Waals surface area contributed by atoms with Crippen LogP contribution in [0.25, 0.3) is 0 Å². The number of aliphatic hydroxyl groups excluding tert-OH is 1. The topological polar surface area (TPSA) is 116 Å². The van der Waals surface area contributed by atoms with E-state index in [2.05, 4.69) is 9.79 Å². The molecule has 0 radical (unpaired) electrons. The van der Waals surface area contributed by atoms with Gasteiger partial charge in [0.2, 0.25) is 0 Å². The Morgan fingerprint density at radius 1 is 1.91 bits per heavy atom. The Balaban J connectivity index is 3.17. The fourth-order valence-electron chi connectivity index (χ4n) is 0.612. The Bertz CT molecular complexity index is 281. The first kappa shape index (κ1) is 7.48. The quantitative estimate of drug-likeness (QED) is 0.479. The smallest absolute Gasteiger partial charge is 0.297 e. The Labute approximate surface area is 60.6 Å². The van der Waals surface area contributed by atoms with E-state index >= 15 is 0 Å². The first-order valence-corrected chi connectivity index (χ1v) is 2.66. The molecule has 1 heterocycles. The molecule has 0 spiro atoms. The third-order valence-corrected chi connectivity index (χ3v) is 1.06. The minimum Gasteiger partial charge on any atom is -0.387 e. The third kappa shape index (κ3) is 1.13. The number of nitrogens with zero attached hydrogens (tertiary/aromatic N) is 2. The van der Waals surface area contributed by atoms with E-state index in [9.17, 15) is 10.0 Å². The molecule has 0 unspecified atom stereocenters. The zero-order chi connectivity index (χ0) is 8.43. The summed E-state index contributed by atoms with van der Waals surface area (Å²) in [7, 11) is 0. The summed E-state index contributed by atoms with van der Waals surface area (Å²) in [6.45, 7) is -0.559. The molecule has 7 heteroatoms. The Hall–Kier alpha value is -1.63. The number of primary amides is 1. The second-order valence-corrected chi connectivity index (χ2v) is 1.75. The second-order valence-electron chi connectivity index (χ2n) is 1.75. The normalized spacial score (nSPS) is 9.91. The van der Waals surface area contributed by atoms with Crippen molar-refractivity contribution in [3.63, 3.8) is 0 Å². The summed E-state index contributed by atoms with van der Waals surface area (Å²) in [5, 5.41) is 22.1. The summed E-state index contributed by atoms with van der Waals surface area (Å²) < 4.78 is 4.00. The Kier molecular flexibility index (Phi) is 1.73. The van der Waals surface area contributed by atoms with Crippen LogP contribution in [0.1, 0.15) is 16.2 Å². The predicted molar refractivity (Wildman–Crippen MR) is 29.9 cm³/mol. The van der Waals surface area contributed by atoms with Crippen LogP contribution in [-0.2, 0) is 6.61 Å². The molecule has 0 aliphatic carbocycles. The van der Waals surface area contributed by atoms with Crippen molar-refractivity contribution in [2.45, 2.75) is 6.61 Å². The minimum absolute atomic E-state index is 0.145. The Morgan fingerprint density at radius 2 is 2.55 bits per heavy atom. The molecule has 0 bridgehead atoms. The maximum Gasteiger partial charge on any atom is 0.297 e. The molecule has 3 N–H and O–H groups in total. The van der Waals surface area contributed by atoms with Crippen molar-refractivity contribution < 1.29 is 19.4 Å². The molecule has 0 aromatic carbocycles. The van der Waals surface area contributed by atoms with Crippen LogP contribution >= 0.6 is 0 Å². The highest BCUT2D eigenvalue weighted by atomic mass is 16.8. The number of rotatable bonds is 2. The van der Waals surface area contributed by atoms with Gasteiger partial charge in [0.15, 0.2) is 0 Å².